The molecule has 0 spiro atoms. The molecule has 4 nitrogen and oxygen atoms in total. The SMILES string of the molecule is CCCNC(Cc1cc(OCCC)ncn1)C(C)C. The molecule has 1 aromatic heterocycles. The van der Waals surface area contributed by atoms with Crippen LogP contribution in [0.25, 0.3) is 0 Å². The normalized spacial score (nSPS) is 12.7. The van der Waals surface area contributed by atoms with E-state index in [0.717, 1.165) is 31.5 Å². The number of hydrogen-bond acceptors (Lipinski definition) is 4. The molecule has 0 aliphatic heterocycles. The van der Waals surface area contributed by atoms with Crippen LogP contribution in [0.5, 0.6) is 5.88 Å². The molecule has 1 rings (SSSR count). The summed E-state index contributed by atoms with van der Waals surface area (Å²) in [4.78, 5) is 8.48. The zero-order valence-electron chi connectivity index (χ0n) is 12.6. The molecule has 0 aromatic carbocycles. The predicted octanol–water partition coefficient (Wildman–Crippen LogP) is 2.83. The predicted molar refractivity (Wildman–Crippen MR) is 78.4 cm³/mol. The van der Waals surface area contributed by atoms with E-state index in [9.17, 15) is 0 Å². The summed E-state index contributed by atoms with van der Waals surface area (Å²) in [6.07, 6.45) is 4.66. The summed E-state index contributed by atoms with van der Waals surface area (Å²) in [7, 11) is 0. The van der Waals surface area contributed by atoms with E-state index < -0.39 is 0 Å². The minimum Gasteiger partial charge on any atom is -0.478 e. The first-order chi connectivity index (χ1) is 9.17. The fourth-order valence-corrected chi connectivity index (χ4v) is 1.87. The molecule has 108 valence electrons. The first kappa shape index (κ1) is 15.9. The summed E-state index contributed by atoms with van der Waals surface area (Å²) < 4.78 is 5.55. The fraction of sp³-hybridized carbons (Fsp3) is 0.733. The number of hydrogen-bond donors (Lipinski definition) is 1. The average molecular weight is 265 g/mol. The highest BCUT2D eigenvalue weighted by Gasteiger charge is 2.14. The Morgan fingerprint density at radius 3 is 2.63 bits per heavy atom. The summed E-state index contributed by atoms with van der Waals surface area (Å²) in [5.41, 5.74) is 1.04. The second-order valence-electron chi connectivity index (χ2n) is 5.20. The molecule has 0 radical (unpaired) electrons. The van der Waals surface area contributed by atoms with Gasteiger partial charge in [0.15, 0.2) is 0 Å². The molecule has 4 heteroatoms. The maximum atomic E-state index is 5.55. The van der Waals surface area contributed by atoms with Gasteiger partial charge in [-0.1, -0.05) is 27.7 Å². The third kappa shape index (κ3) is 6.01. The summed E-state index contributed by atoms with van der Waals surface area (Å²) in [5, 5.41) is 3.58. The largest absolute Gasteiger partial charge is 0.478 e. The van der Waals surface area contributed by atoms with Crippen LogP contribution < -0.4 is 10.1 Å². The van der Waals surface area contributed by atoms with Crippen molar-refractivity contribution in [2.45, 2.75) is 53.0 Å². The van der Waals surface area contributed by atoms with Gasteiger partial charge in [-0.3, -0.25) is 0 Å². The zero-order chi connectivity index (χ0) is 14.1. The average Bonchev–Trinajstić information content (AvgIpc) is 2.41. The van der Waals surface area contributed by atoms with Gasteiger partial charge in [-0.05, 0) is 25.3 Å². The van der Waals surface area contributed by atoms with Gasteiger partial charge in [0.1, 0.15) is 6.33 Å². The highest BCUT2D eigenvalue weighted by Crippen LogP contribution is 2.12. The van der Waals surface area contributed by atoms with E-state index in [-0.39, 0.29) is 0 Å². The minimum atomic E-state index is 0.453. The summed E-state index contributed by atoms with van der Waals surface area (Å²) >= 11 is 0. The first-order valence-electron chi connectivity index (χ1n) is 7.34. The molecular formula is C15H27N3O. The van der Waals surface area contributed by atoms with Crippen LogP contribution >= 0.6 is 0 Å². The fourth-order valence-electron chi connectivity index (χ4n) is 1.87. The van der Waals surface area contributed by atoms with Crippen LogP contribution in [0, 0.1) is 5.92 Å². The maximum absolute atomic E-state index is 5.55. The van der Waals surface area contributed by atoms with Gasteiger partial charge in [-0.15, -0.1) is 0 Å². The van der Waals surface area contributed by atoms with Crippen molar-refractivity contribution in [1.82, 2.24) is 15.3 Å². The molecule has 1 unspecified atom stereocenters. The smallest absolute Gasteiger partial charge is 0.216 e. The Kier molecular flexibility index (Phi) is 7.41. The number of rotatable bonds is 9. The van der Waals surface area contributed by atoms with Crippen LogP contribution in [0.3, 0.4) is 0 Å². The Morgan fingerprint density at radius 1 is 1.21 bits per heavy atom. The van der Waals surface area contributed by atoms with E-state index in [1.807, 2.05) is 6.07 Å². The van der Waals surface area contributed by atoms with Gasteiger partial charge in [0.2, 0.25) is 5.88 Å². The van der Waals surface area contributed by atoms with Gasteiger partial charge in [-0.2, -0.15) is 0 Å². The van der Waals surface area contributed by atoms with Gasteiger partial charge < -0.3 is 10.1 Å². The molecular weight excluding hydrogens is 238 g/mol. The van der Waals surface area contributed by atoms with E-state index in [2.05, 4.69) is 43.0 Å². The molecule has 1 N–H and O–H groups in total. The van der Waals surface area contributed by atoms with Crippen molar-refractivity contribution in [2.24, 2.45) is 5.92 Å². The van der Waals surface area contributed by atoms with Crippen molar-refractivity contribution < 1.29 is 4.74 Å². The summed E-state index contributed by atoms with van der Waals surface area (Å²) in [5.74, 6) is 1.27. The van der Waals surface area contributed by atoms with E-state index >= 15 is 0 Å². The molecule has 19 heavy (non-hydrogen) atoms. The standard InChI is InChI=1S/C15H27N3O/c1-5-7-16-14(12(3)4)9-13-10-15(18-11-17-13)19-8-6-2/h10-12,14,16H,5-9H2,1-4H3. The lowest BCUT2D eigenvalue weighted by Gasteiger charge is -2.22. The lowest BCUT2D eigenvalue weighted by atomic mass is 9.99. The quantitative estimate of drug-likeness (QED) is 0.746. The number of nitrogens with zero attached hydrogens (tertiary/aromatic N) is 2. The molecule has 0 saturated carbocycles. The van der Waals surface area contributed by atoms with E-state index in [1.165, 1.54) is 0 Å². The Labute approximate surface area is 117 Å². The number of ether oxygens (including phenoxy) is 1. The van der Waals surface area contributed by atoms with Gasteiger partial charge in [0.05, 0.1) is 6.61 Å². The Hall–Kier alpha value is -1.16. The Morgan fingerprint density at radius 2 is 2.00 bits per heavy atom. The molecule has 0 bridgehead atoms. The lowest BCUT2D eigenvalue weighted by molar-refractivity contribution is 0.303. The molecule has 1 atom stereocenters. The van der Waals surface area contributed by atoms with Crippen molar-refractivity contribution in [3.05, 3.63) is 18.1 Å². The van der Waals surface area contributed by atoms with Gasteiger partial charge in [0.25, 0.3) is 0 Å². The summed E-state index contributed by atoms with van der Waals surface area (Å²) in [6, 6.07) is 2.41. The lowest BCUT2D eigenvalue weighted by Crippen LogP contribution is -2.36. The van der Waals surface area contributed by atoms with E-state index in [1.54, 1.807) is 6.33 Å². The van der Waals surface area contributed by atoms with Gasteiger partial charge in [0, 0.05) is 24.2 Å². The number of aromatic nitrogens is 2. The molecule has 1 heterocycles. The van der Waals surface area contributed by atoms with Crippen molar-refractivity contribution >= 4 is 0 Å². The van der Waals surface area contributed by atoms with Crippen LogP contribution in [0.4, 0.5) is 0 Å². The van der Waals surface area contributed by atoms with Crippen LogP contribution in [0.2, 0.25) is 0 Å². The maximum Gasteiger partial charge on any atom is 0.216 e. The topological polar surface area (TPSA) is 47.0 Å². The van der Waals surface area contributed by atoms with Crippen LogP contribution in [0.1, 0.15) is 46.2 Å². The van der Waals surface area contributed by atoms with E-state index in [4.69, 9.17) is 4.74 Å². The van der Waals surface area contributed by atoms with Crippen molar-refractivity contribution in [2.75, 3.05) is 13.2 Å². The highest BCUT2D eigenvalue weighted by atomic mass is 16.5. The molecule has 0 amide bonds. The third-order valence-electron chi connectivity index (χ3n) is 3.04. The van der Waals surface area contributed by atoms with Crippen LogP contribution in [-0.4, -0.2) is 29.2 Å². The third-order valence-corrected chi connectivity index (χ3v) is 3.04. The van der Waals surface area contributed by atoms with Crippen molar-refractivity contribution in [3.8, 4) is 5.88 Å². The number of nitrogens with one attached hydrogen (secondary N) is 1. The zero-order valence-corrected chi connectivity index (χ0v) is 12.6. The highest BCUT2D eigenvalue weighted by molar-refractivity contribution is 5.14. The Balaban J connectivity index is 2.62. The molecule has 0 aliphatic carbocycles. The van der Waals surface area contributed by atoms with Crippen LogP contribution in [0.15, 0.2) is 12.4 Å². The first-order valence-corrected chi connectivity index (χ1v) is 7.34. The van der Waals surface area contributed by atoms with Crippen molar-refractivity contribution in [3.63, 3.8) is 0 Å². The second kappa shape index (κ2) is 8.86. The summed E-state index contributed by atoms with van der Waals surface area (Å²) in [6.45, 7) is 10.5. The molecule has 0 saturated heterocycles. The molecule has 0 fully saturated rings. The minimum absolute atomic E-state index is 0.453. The molecule has 1 aromatic rings. The van der Waals surface area contributed by atoms with Crippen LogP contribution in [-0.2, 0) is 6.42 Å². The Bertz CT molecular complexity index is 355. The second-order valence-corrected chi connectivity index (χ2v) is 5.20. The van der Waals surface area contributed by atoms with Gasteiger partial charge in [-0.25, -0.2) is 9.97 Å². The monoisotopic (exact) mass is 265 g/mol. The van der Waals surface area contributed by atoms with E-state index in [0.29, 0.717) is 24.4 Å². The van der Waals surface area contributed by atoms with Gasteiger partial charge >= 0.3 is 0 Å². The van der Waals surface area contributed by atoms with Crippen molar-refractivity contribution in [1.29, 1.82) is 0 Å². The molecule has 0 aliphatic rings.